The molecule has 0 saturated carbocycles. The third-order valence-electron chi connectivity index (χ3n) is 5.28. The lowest BCUT2D eigenvalue weighted by Crippen LogP contribution is -2.54. The minimum atomic E-state index is -1.23. The zero-order chi connectivity index (χ0) is 25.8. The second-order valence-electron chi connectivity index (χ2n) is 9.47. The van der Waals surface area contributed by atoms with Crippen molar-refractivity contribution in [1.29, 1.82) is 0 Å². The number of carbonyl (C=O) groups is 2. The van der Waals surface area contributed by atoms with Gasteiger partial charge >= 0.3 is 12.2 Å². The van der Waals surface area contributed by atoms with Crippen LogP contribution in [-0.2, 0) is 17.6 Å². The number of hydrogen-bond donors (Lipinski definition) is 6. The van der Waals surface area contributed by atoms with E-state index in [9.17, 15) is 19.8 Å². The van der Waals surface area contributed by atoms with Gasteiger partial charge in [-0.2, -0.15) is 0 Å². The predicted octanol–water partition coefficient (Wildman–Crippen LogP) is 2.31. The van der Waals surface area contributed by atoms with Crippen molar-refractivity contribution in [3.05, 3.63) is 71.8 Å². The lowest BCUT2D eigenvalue weighted by atomic mass is 9.98. The first-order valence-corrected chi connectivity index (χ1v) is 11.7. The Bertz CT molecular complexity index is 904. The number of aliphatic hydroxyl groups is 2. The molecule has 2 unspecified atom stereocenters. The van der Waals surface area contributed by atoms with Gasteiger partial charge in [0.05, 0.1) is 18.2 Å². The number of nitrogens with one attached hydrogen (secondary N) is 3. The molecule has 0 heterocycles. The van der Waals surface area contributed by atoms with Gasteiger partial charge in [0.1, 0.15) is 5.60 Å². The van der Waals surface area contributed by atoms with Crippen LogP contribution in [0.15, 0.2) is 60.7 Å². The van der Waals surface area contributed by atoms with E-state index in [0.29, 0.717) is 12.8 Å². The van der Waals surface area contributed by atoms with E-state index in [2.05, 4.69) is 16.0 Å². The second kappa shape index (κ2) is 13.7. The van der Waals surface area contributed by atoms with Crippen molar-refractivity contribution in [3.63, 3.8) is 0 Å². The minimum absolute atomic E-state index is 0.0505. The maximum atomic E-state index is 12.4. The molecule has 2 aromatic carbocycles. The summed E-state index contributed by atoms with van der Waals surface area (Å²) in [6.45, 7) is 5.17. The standard InChI is InChI=1S/C26H37N3O6/c1-26(2,3)35-25(34)29-21(15-19-12-8-5-9-13-19)23(31)16-27-20(22(30)17-28-24(32)33)14-18-10-6-4-7-11-18/h4-13,20-23,27-28,30-31H,14-17H2,1-3H3,(H,29,34)(H,32,33)/t20-,21?,22+,23?/m1/s1. The summed E-state index contributed by atoms with van der Waals surface area (Å²) in [5, 5.41) is 38.6. The number of amides is 2. The Hall–Kier alpha value is -3.14. The maximum Gasteiger partial charge on any atom is 0.407 e. The predicted molar refractivity (Wildman–Crippen MR) is 133 cm³/mol. The van der Waals surface area contributed by atoms with E-state index in [4.69, 9.17) is 9.84 Å². The fraction of sp³-hybridized carbons (Fsp3) is 0.462. The number of benzene rings is 2. The van der Waals surface area contributed by atoms with Gasteiger partial charge in [0.2, 0.25) is 0 Å². The SMILES string of the molecule is CC(C)(C)OC(=O)NC(Cc1ccccc1)C(O)CN[C@H](Cc1ccccc1)[C@@H](O)CNC(=O)O. The van der Waals surface area contributed by atoms with E-state index in [1.165, 1.54) is 0 Å². The highest BCUT2D eigenvalue weighted by Crippen LogP contribution is 2.12. The van der Waals surface area contributed by atoms with Crippen LogP contribution in [0.5, 0.6) is 0 Å². The summed E-state index contributed by atoms with van der Waals surface area (Å²) in [5.74, 6) is 0. The fourth-order valence-electron chi connectivity index (χ4n) is 3.57. The number of alkyl carbamates (subject to hydrolysis) is 1. The number of rotatable bonds is 12. The van der Waals surface area contributed by atoms with E-state index in [1.807, 2.05) is 60.7 Å². The highest BCUT2D eigenvalue weighted by Gasteiger charge is 2.27. The van der Waals surface area contributed by atoms with Gasteiger partial charge in [-0.25, -0.2) is 9.59 Å². The van der Waals surface area contributed by atoms with Crippen molar-refractivity contribution < 1.29 is 29.6 Å². The highest BCUT2D eigenvalue weighted by atomic mass is 16.6. The Kier molecular flexibility index (Phi) is 11.0. The van der Waals surface area contributed by atoms with Crippen LogP contribution in [0.1, 0.15) is 31.9 Å². The van der Waals surface area contributed by atoms with Crippen LogP contribution < -0.4 is 16.0 Å². The highest BCUT2D eigenvalue weighted by molar-refractivity contribution is 5.68. The molecular formula is C26H37N3O6. The molecule has 0 spiro atoms. The van der Waals surface area contributed by atoms with Gasteiger partial charge in [-0.15, -0.1) is 0 Å². The number of hydrogen-bond acceptors (Lipinski definition) is 6. The summed E-state index contributed by atoms with van der Waals surface area (Å²) in [6.07, 6.45) is -3.13. The average molecular weight is 488 g/mol. The van der Waals surface area contributed by atoms with Crippen LogP contribution in [0.25, 0.3) is 0 Å². The molecule has 0 fully saturated rings. The topological polar surface area (TPSA) is 140 Å². The monoisotopic (exact) mass is 487 g/mol. The summed E-state index contributed by atoms with van der Waals surface area (Å²) >= 11 is 0. The molecule has 192 valence electrons. The summed E-state index contributed by atoms with van der Waals surface area (Å²) < 4.78 is 5.37. The molecule has 0 aliphatic carbocycles. The second-order valence-corrected chi connectivity index (χ2v) is 9.47. The van der Waals surface area contributed by atoms with Gasteiger partial charge in [-0.3, -0.25) is 0 Å². The first kappa shape index (κ1) is 28.1. The first-order valence-electron chi connectivity index (χ1n) is 11.7. The molecule has 0 aromatic heterocycles. The Morgan fingerprint density at radius 2 is 1.31 bits per heavy atom. The molecule has 2 rings (SSSR count). The number of aliphatic hydroxyl groups excluding tert-OH is 2. The van der Waals surface area contributed by atoms with Crippen LogP contribution in [0.2, 0.25) is 0 Å². The molecule has 4 atom stereocenters. The van der Waals surface area contributed by atoms with Gasteiger partial charge in [-0.05, 0) is 44.7 Å². The quantitative estimate of drug-likeness (QED) is 0.270. The molecular weight excluding hydrogens is 450 g/mol. The molecule has 6 N–H and O–H groups in total. The molecule has 35 heavy (non-hydrogen) atoms. The van der Waals surface area contributed by atoms with Crippen molar-refractivity contribution >= 4 is 12.2 Å². The molecule has 9 heteroatoms. The number of carboxylic acid groups (broad SMARTS) is 1. The Morgan fingerprint density at radius 1 is 0.829 bits per heavy atom. The summed E-state index contributed by atoms with van der Waals surface area (Å²) in [5.41, 5.74) is 1.19. The van der Waals surface area contributed by atoms with Crippen molar-refractivity contribution in [1.82, 2.24) is 16.0 Å². The van der Waals surface area contributed by atoms with Crippen molar-refractivity contribution in [2.45, 2.75) is 63.5 Å². The Morgan fingerprint density at radius 3 is 1.80 bits per heavy atom. The molecule has 0 aliphatic heterocycles. The number of ether oxygens (including phenoxy) is 1. The van der Waals surface area contributed by atoms with Crippen molar-refractivity contribution in [2.75, 3.05) is 13.1 Å². The summed E-state index contributed by atoms with van der Waals surface area (Å²) in [4.78, 5) is 23.3. The van der Waals surface area contributed by atoms with E-state index in [-0.39, 0.29) is 13.1 Å². The van der Waals surface area contributed by atoms with E-state index < -0.39 is 42.1 Å². The van der Waals surface area contributed by atoms with Gasteiger partial charge in [0, 0.05) is 19.1 Å². The van der Waals surface area contributed by atoms with Gasteiger partial charge in [0.25, 0.3) is 0 Å². The normalized spacial score (nSPS) is 14.9. The van der Waals surface area contributed by atoms with Gasteiger partial charge < -0.3 is 36.0 Å². The van der Waals surface area contributed by atoms with Gasteiger partial charge in [0.15, 0.2) is 0 Å². The lowest BCUT2D eigenvalue weighted by Gasteiger charge is -2.30. The zero-order valence-electron chi connectivity index (χ0n) is 20.5. The van der Waals surface area contributed by atoms with Crippen molar-refractivity contribution in [2.24, 2.45) is 0 Å². The van der Waals surface area contributed by atoms with Crippen LogP contribution >= 0.6 is 0 Å². The van der Waals surface area contributed by atoms with E-state index >= 15 is 0 Å². The maximum absolute atomic E-state index is 12.4. The van der Waals surface area contributed by atoms with Crippen LogP contribution in [0, 0.1) is 0 Å². The molecule has 0 aliphatic rings. The van der Waals surface area contributed by atoms with Crippen molar-refractivity contribution in [3.8, 4) is 0 Å². The molecule has 0 radical (unpaired) electrons. The van der Waals surface area contributed by atoms with Crippen LogP contribution in [0.4, 0.5) is 9.59 Å². The average Bonchev–Trinajstić information content (AvgIpc) is 2.79. The smallest absolute Gasteiger partial charge is 0.407 e. The van der Waals surface area contributed by atoms with Crippen LogP contribution in [0.3, 0.4) is 0 Å². The largest absolute Gasteiger partial charge is 0.465 e. The molecule has 0 saturated heterocycles. The Balaban J connectivity index is 2.10. The molecule has 0 bridgehead atoms. The first-order chi connectivity index (χ1) is 16.5. The molecule has 2 amide bonds. The van der Waals surface area contributed by atoms with Gasteiger partial charge in [-0.1, -0.05) is 60.7 Å². The van der Waals surface area contributed by atoms with E-state index in [1.54, 1.807) is 20.8 Å². The Labute approximate surface area is 206 Å². The zero-order valence-corrected chi connectivity index (χ0v) is 20.5. The lowest BCUT2D eigenvalue weighted by molar-refractivity contribution is 0.0408. The van der Waals surface area contributed by atoms with E-state index in [0.717, 1.165) is 11.1 Å². The fourth-order valence-corrected chi connectivity index (χ4v) is 3.57. The molecule has 9 nitrogen and oxygen atoms in total. The molecule has 2 aromatic rings. The third kappa shape index (κ3) is 11.2. The summed E-state index contributed by atoms with van der Waals surface area (Å²) in [7, 11) is 0. The third-order valence-corrected chi connectivity index (χ3v) is 5.28. The minimum Gasteiger partial charge on any atom is -0.465 e. The summed E-state index contributed by atoms with van der Waals surface area (Å²) in [6, 6.07) is 17.7. The van der Waals surface area contributed by atoms with Crippen LogP contribution in [-0.4, -0.2) is 70.5 Å². The number of carbonyl (C=O) groups excluding carboxylic acids is 1.